The van der Waals surface area contributed by atoms with Gasteiger partial charge in [-0.05, 0) is 63.1 Å². The van der Waals surface area contributed by atoms with Crippen LogP contribution in [0.2, 0.25) is 0 Å². The molecular weight excluding hydrogens is 392 g/mol. The highest BCUT2D eigenvalue weighted by Crippen LogP contribution is 2.25. The number of nitrogens with zero attached hydrogens (tertiary/aromatic N) is 1. The topological polar surface area (TPSA) is 66.5 Å². The third kappa shape index (κ3) is 5.16. The van der Waals surface area contributed by atoms with Gasteiger partial charge in [-0.1, -0.05) is 24.1 Å². The molecule has 2 aromatic rings. The van der Waals surface area contributed by atoms with Crippen molar-refractivity contribution >= 4 is 33.4 Å². The van der Waals surface area contributed by atoms with Gasteiger partial charge in [0.15, 0.2) is 0 Å². The Kier molecular flexibility index (Phi) is 6.80. The molecule has 150 valence electrons. The summed E-state index contributed by atoms with van der Waals surface area (Å²) in [4.78, 5) is 13.8. The molecule has 0 saturated carbocycles. The van der Waals surface area contributed by atoms with Crippen LogP contribution in [0, 0.1) is 6.92 Å². The first-order valence-electron chi connectivity index (χ1n) is 9.51. The Balaban J connectivity index is 1.61. The summed E-state index contributed by atoms with van der Waals surface area (Å²) in [6.07, 6.45) is 2.89. The molecule has 1 aliphatic heterocycles. The second-order valence-corrected chi connectivity index (χ2v) is 10.4. The van der Waals surface area contributed by atoms with Crippen LogP contribution in [0.4, 0.5) is 5.69 Å². The van der Waals surface area contributed by atoms with Crippen molar-refractivity contribution in [2.45, 2.75) is 48.2 Å². The van der Waals surface area contributed by atoms with Gasteiger partial charge in [0.2, 0.25) is 15.9 Å². The van der Waals surface area contributed by atoms with E-state index in [-0.39, 0.29) is 16.1 Å². The Bertz CT molecular complexity index is 904. The standard InChI is InChI=1S/C21H26N2O3S2/c1-16-6-10-19(11-7-16)27-17(2)21(24)22-18-8-12-20(13-9-18)28(25,26)23-14-4-3-5-15-23/h6-13,17H,3-5,14-15H2,1-2H3,(H,22,24)/t17-/m0/s1. The molecule has 1 fully saturated rings. The fourth-order valence-corrected chi connectivity index (χ4v) is 5.47. The maximum absolute atomic E-state index is 12.7. The third-order valence-corrected chi connectivity index (χ3v) is 7.80. The maximum atomic E-state index is 12.7. The van der Waals surface area contributed by atoms with Crippen LogP contribution in [0.3, 0.4) is 0 Å². The number of anilines is 1. The minimum atomic E-state index is -3.45. The van der Waals surface area contributed by atoms with Crippen molar-refractivity contribution < 1.29 is 13.2 Å². The van der Waals surface area contributed by atoms with Crippen molar-refractivity contribution in [2.24, 2.45) is 0 Å². The molecule has 1 atom stereocenters. The Hall–Kier alpha value is -1.83. The molecule has 0 spiro atoms. The Labute approximate surface area is 171 Å². The number of hydrogen-bond acceptors (Lipinski definition) is 4. The number of sulfonamides is 1. The molecule has 0 radical (unpaired) electrons. The molecule has 1 amide bonds. The molecule has 7 heteroatoms. The molecule has 2 aromatic carbocycles. The lowest BCUT2D eigenvalue weighted by Crippen LogP contribution is -2.35. The van der Waals surface area contributed by atoms with Gasteiger partial charge in [-0.2, -0.15) is 4.31 Å². The highest BCUT2D eigenvalue weighted by atomic mass is 32.2. The van der Waals surface area contributed by atoms with Crippen LogP contribution in [0.5, 0.6) is 0 Å². The van der Waals surface area contributed by atoms with E-state index in [0.29, 0.717) is 18.8 Å². The summed E-state index contributed by atoms with van der Waals surface area (Å²) in [5.74, 6) is -0.114. The lowest BCUT2D eigenvalue weighted by atomic mass is 10.2. The number of rotatable bonds is 6. The lowest BCUT2D eigenvalue weighted by Gasteiger charge is -2.25. The van der Waals surface area contributed by atoms with E-state index in [0.717, 1.165) is 24.2 Å². The van der Waals surface area contributed by atoms with E-state index in [4.69, 9.17) is 0 Å². The molecule has 1 N–H and O–H groups in total. The van der Waals surface area contributed by atoms with Gasteiger partial charge in [-0.3, -0.25) is 4.79 Å². The summed E-state index contributed by atoms with van der Waals surface area (Å²) >= 11 is 1.49. The second-order valence-electron chi connectivity index (χ2n) is 7.05. The zero-order valence-electron chi connectivity index (χ0n) is 16.2. The van der Waals surface area contributed by atoms with Crippen molar-refractivity contribution in [3.05, 3.63) is 54.1 Å². The summed E-state index contributed by atoms with van der Waals surface area (Å²) in [7, 11) is -3.45. The smallest absolute Gasteiger partial charge is 0.243 e. The number of aryl methyl sites for hydroxylation is 1. The molecular formula is C21H26N2O3S2. The highest BCUT2D eigenvalue weighted by molar-refractivity contribution is 8.00. The summed E-state index contributed by atoms with van der Waals surface area (Å²) in [6.45, 7) is 5.04. The van der Waals surface area contributed by atoms with Crippen LogP contribution >= 0.6 is 11.8 Å². The number of amides is 1. The van der Waals surface area contributed by atoms with Crippen molar-refractivity contribution in [1.29, 1.82) is 0 Å². The zero-order chi connectivity index (χ0) is 20.1. The average molecular weight is 419 g/mol. The van der Waals surface area contributed by atoms with E-state index in [1.807, 2.05) is 38.1 Å². The van der Waals surface area contributed by atoms with Gasteiger partial charge in [-0.15, -0.1) is 11.8 Å². The van der Waals surface area contributed by atoms with Crippen molar-refractivity contribution in [1.82, 2.24) is 4.31 Å². The fourth-order valence-electron chi connectivity index (χ4n) is 3.08. The van der Waals surface area contributed by atoms with E-state index in [1.54, 1.807) is 28.6 Å². The van der Waals surface area contributed by atoms with E-state index in [1.165, 1.54) is 17.3 Å². The highest BCUT2D eigenvalue weighted by Gasteiger charge is 2.25. The van der Waals surface area contributed by atoms with E-state index >= 15 is 0 Å². The lowest BCUT2D eigenvalue weighted by molar-refractivity contribution is -0.115. The van der Waals surface area contributed by atoms with Crippen molar-refractivity contribution in [3.8, 4) is 0 Å². The number of carbonyl (C=O) groups is 1. The monoisotopic (exact) mass is 418 g/mol. The largest absolute Gasteiger partial charge is 0.325 e. The number of thioether (sulfide) groups is 1. The number of hydrogen-bond donors (Lipinski definition) is 1. The van der Waals surface area contributed by atoms with E-state index in [9.17, 15) is 13.2 Å². The van der Waals surface area contributed by atoms with E-state index < -0.39 is 10.0 Å². The van der Waals surface area contributed by atoms with Crippen LogP contribution in [-0.2, 0) is 14.8 Å². The minimum Gasteiger partial charge on any atom is -0.325 e. The molecule has 5 nitrogen and oxygen atoms in total. The minimum absolute atomic E-state index is 0.114. The van der Waals surface area contributed by atoms with E-state index in [2.05, 4.69) is 5.32 Å². The van der Waals surface area contributed by atoms with Gasteiger partial charge in [0.25, 0.3) is 0 Å². The normalized spacial score (nSPS) is 16.5. The SMILES string of the molecule is Cc1ccc(S[C@@H](C)C(=O)Nc2ccc(S(=O)(=O)N3CCCCC3)cc2)cc1. The predicted octanol–water partition coefficient (Wildman–Crippen LogP) is 4.29. The predicted molar refractivity (Wildman–Crippen MR) is 114 cm³/mol. The zero-order valence-corrected chi connectivity index (χ0v) is 17.9. The number of carbonyl (C=O) groups excluding carboxylic acids is 1. The molecule has 0 bridgehead atoms. The molecule has 0 aliphatic carbocycles. The maximum Gasteiger partial charge on any atom is 0.243 e. The van der Waals surface area contributed by atoms with Gasteiger partial charge in [0, 0.05) is 23.7 Å². The first-order valence-corrected chi connectivity index (χ1v) is 11.8. The molecule has 28 heavy (non-hydrogen) atoms. The Morgan fingerprint density at radius 3 is 2.21 bits per heavy atom. The quantitative estimate of drug-likeness (QED) is 0.711. The first-order chi connectivity index (χ1) is 13.4. The molecule has 1 saturated heterocycles. The number of nitrogens with one attached hydrogen (secondary N) is 1. The molecule has 1 heterocycles. The van der Waals surface area contributed by atoms with Gasteiger partial charge in [0.1, 0.15) is 0 Å². The summed E-state index contributed by atoms with van der Waals surface area (Å²) in [5.41, 5.74) is 1.78. The molecule has 1 aliphatic rings. The summed E-state index contributed by atoms with van der Waals surface area (Å²) in [5, 5.41) is 2.60. The fraction of sp³-hybridized carbons (Fsp3) is 0.381. The third-order valence-electron chi connectivity index (χ3n) is 4.78. The summed E-state index contributed by atoms with van der Waals surface area (Å²) < 4.78 is 26.9. The van der Waals surface area contributed by atoms with Crippen LogP contribution in [0.1, 0.15) is 31.7 Å². The van der Waals surface area contributed by atoms with Gasteiger partial charge in [-0.25, -0.2) is 8.42 Å². The first kappa shape index (κ1) is 20.9. The number of benzene rings is 2. The van der Waals surface area contributed by atoms with Crippen molar-refractivity contribution in [3.63, 3.8) is 0 Å². The summed E-state index contributed by atoms with van der Waals surface area (Å²) in [6, 6.07) is 14.5. The second kappa shape index (κ2) is 9.11. The average Bonchev–Trinajstić information content (AvgIpc) is 2.70. The Morgan fingerprint density at radius 2 is 1.61 bits per heavy atom. The van der Waals surface area contributed by atoms with Gasteiger partial charge >= 0.3 is 0 Å². The van der Waals surface area contributed by atoms with Gasteiger partial charge < -0.3 is 5.32 Å². The molecule has 0 unspecified atom stereocenters. The van der Waals surface area contributed by atoms with Crippen LogP contribution in [0.25, 0.3) is 0 Å². The van der Waals surface area contributed by atoms with Crippen molar-refractivity contribution in [2.75, 3.05) is 18.4 Å². The van der Waals surface area contributed by atoms with Crippen LogP contribution in [0.15, 0.2) is 58.3 Å². The molecule has 0 aromatic heterocycles. The Morgan fingerprint density at radius 1 is 1.00 bits per heavy atom. The number of piperidine rings is 1. The van der Waals surface area contributed by atoms with Crippen LogP contribution < -0.4 is 5.32 Å². The molecule has 3 rings (SSSR count). The van der Waals surface area contributed by atoms with Crippen LogP contribution in [-0.4, -0.2) is 37.0 Å². The van der Waals surface area contributed by atoms with Gasteiger partial charge in [0.05, 0.1) is 10.1 Å².